The fraction of sp³-hybridized carbons (Fsp3) is 0.538. The molecule has 2 aromatic rings. The van der Waals surface area contributed by atoms with Crippen LogP contribution in [0, 0.1) is 0 Å². The van der Waals surface area contributed by atoms with Crippen LogP contribution in [0.25, 0.3) is 5.65 Å². The molecule has 96 valence electrons. The van der Waals surface area contributed by atoms with Crippen LogP contribution in [0.4, 0.5) is 8.78 Å². The summed E-state index contributed by atoms with van der Waals surface area (Å²) in [6, 6.07) is 1.37. The van der Waals surface area contributed by atoms with Crippen molar-refractivity contribution in [2.45, 2.75) is 45.0 Å². The van der Waals surface area contributed by atoms with Gasteiger partial charge in [0.15, 0.2) is 5.65 Å². The average molecular weight is 251 g/mol. The van der Waals surface area contributed by atoms with Gasteiger partial charge in [-0.05, 0) is 17.9 Å². The summed E-state index contributed by atoms with van der Waals surface area (Å²) in [5, 5.41) is 4.02. The van der Waals surface area contributed by atoms with Gasteiger partial charge in [-0.15, -0.1) is 0 Å². The number of aromatic nitrogens is 3. The van der Waals surface area contributed by atoms with E-state index < -0.39 is 6.43 Å². The monoisotopic (exact) mass is 251 g/mol. The fourth-order valence-electron chi connectivity index (χ4n) is 3.08. The summed E-state index contributed by atoms with van der Waals surface area (Å²) >= 11 is 0. The number of hydrogen-bond donors (Lipinski definition) is 0. The summed E-state index contributed by atoms with van der Waals surface area (Å²) in [5.74, 6) is 0.395. The normalized spacial score (nSPS) is 21.8. The van der Waals surface area contributed by atoms with Gasteiger partial charge in [0.1, 0.15) is 5.69 Å². The van der Waals surface area contributed by atoms with Gasteiger partial charge in [0, 0.05) is 17.7 Å². The zero-order chi connectivity index (χ0) is 13.1. The third-order valence-corrected chi connectivity index (χ3v) is 3.74. The lowest BCUT2D eigenvalue weighted by Crippen LogP contribution is -2.17. The van der Waals surface area contributed by atoms with E-state index in [-0.39, 0.29) is 11.1 Å². The Bertz CT molecular complexity index is 616. The van der Waals surface area contributed by atoms with Crippen molar-refractivity contribution >= 4 is 5.65 Å². The molecule has 1 aliphatic carbocycles. The first-order valence-corrected chi connectivity index (χ1v) is 6.07. The van der Waals surface area contributed by atoms with E-state index in [1.54, 1.807) is 10.7 Å². The molecular formula is C13H15F2N3. The Labute approximate surface area is 104 Å². The molecule has 0 N–H and O–H groups in total. The first kappa shape index (κ1) is 11.6. The van der Waals surface area contributed by atoms with Crippen LogP contribution >= 0.6 is 0 Å². The van der Waals surface area contributed by atoms with Gasteiger partial charge in [-0.25, -0.2) is 18.3 Å². The molecule has 3 nitrogen and oxygen atoms in total. The van der Waals surface area contributed by atoms with Crippen molar-refractivity contribution in [1.29, 1.82) is 0 Å². The molecule has 0 radical (unpaired) electrons. The molecule has 3 rings (SSSR count). The summed E-state index contributed by atoms with van der Waals surface area (Å²) in [5.41, 5.74) is 2.39. The molecule has 1 atom stereocenters. The highest BCUT2D eigenvalue weighted by Gasteiger charge is 2.38. The molecule has 5 heteroatoms. The summed E-state index contributed by atoms with van der Waals surface area (Å²) < 4.78 is 27.0. The van der Waals surface area contributed by atoms with E-state index in [1.165, 1.54) is 6.07 Å². The largest absolute Gasteiger partial charge is 0.282 e. The van der Waals surface area contributed by atoms with Crippen LogP contribution in [-0.4, -0.2) is 14.6 Å². The molecule has 0 amide bonds. The van der Waals surface area contributed by atoms with Crippen molar-refractivity contribution in [1.82, 2.24) is 14.6 Å². The Morgan fingerprint density at radius 3 is 2.83 bits per heavy atom. The zero-order valence-electron chi connectivity index (χ0n) is 10.6. The summed E-state index contributed by atoms with van der Waals surface area (Å²) in [7, 11) is 0. The maximum absolute atomic E-state index is 12.7. The third kappa shape index (κ3) is 1.46. The highest BCUT2D eigenvalue weighted by Crippen LogP contribution is 2.45. The van der Waals surface area contributed by atoms with E-state index >= 15 is 0 Å². The molecule has 0 aromatic carbocycles. The Balaban J connectivity index is 2.32. The van der Waals surface area contributed by atoms with Gasteiger partial charge in [0.05, 0.1) is 5.69 Å². The highest BCUT2D eigenvalue weighted by atomic mass is 19.3. The first-order valence-electron chi connectivity index (χ1n) is 6.07. The van der Waals surface area contributed by atoms with E-state index in [0.717, 1.165) is 17.7 Å². The SMILES string of the molecule is CC1CC(C)(C)c2c1cnc1cc(C(F)F)nn21. The molecule has 2 heterocycles. The van der Waals surface area contributed by atoms with E-state index in [0.29, 0.717) is 11.6 Å². The lowest BCUT2D eigenvalue weighted by Gasteiger charge is -2.19. The van der Waals surface area contributed by atoms with Gasteiger partial charge in [0.25, 0.3) is 6.43 Å². The Morgan fingerprint density at radius 1 is 1.44 bits per heavy atom. The van der Waals surface area contributed by atoms with Gasteiger partial charge in [0.2, 0.25) is 0 Å². The van der Waals surface area contributed by atoms with Gasteiger partial charge in [-0.2, -0.15) is 5.10 Å². The molecule has 1 aliphatic rings. The second kappa shape index (κ2) is 3.49. The molecule has 0 saturated heterocycles. The number of hydrogen-bond acceptors (Lipinski definition) is 2. The van der Waals surface area contributed by atoms with Crippen LogP contribution < -0.4 is 0 Å². The molecule has 0 spiro atoms. The quantitative estimate of drug-likeness (QED) is 0.777. The number of alkyl halides is 2. The van der Waals surface area contributed by atoms with Crippen LogP contribution in [0.3, 0.4) is 0 Å². The van der Waals surface area contributed by atoms with Crippen LogP contribution in [0.15, 0.2) is 12.3 Å². The van der Waals surface area contributed by atoms with Crippen LogP contribution in [-0.2, 0) is 5.41 Å². The number of fused-ring (bicyclic) bond motifs is 3. The van der Waals surface area contributed by atoms with Crippen LogP contribution in [0.1, 0.15) is 56.5 Å². The zero-order valence-corrected chi connectivity index (χ0v) is 10.6. The van der Waals surface area contributed by atoms with Gasteiger partial charge >= 0.3 is 0 Å². The molecule has 0 aliphatic heterocycles. The average Bonchev–Trinajstić information content (AvgIpc) is 2.78. The Hall–Kier alpha value is -1.52. The Morgan fingerprint density at radius 2 is 2.17 bits per heavy atom. The lowest BCUT2D eigenvalue weighted by molar-refractivity contribution is 0.145. The van der Waals surface area contributed by atoms with Crippen molar-refractivity contribution in [3.63, 3.8) is 0 Å². The minimum Gasteiger partial charge on any atom is -0.237 e. The van der Waals surface area contributed by atoms with E-state index in [4.69, 9.17) is 0 Å². The number of halogens is 2. The van der Waals surface area contributed by atoms with Crippen molar-refractivity contribution in [2.75, 3.05) is 0 Å². The minimum absolute atomic E-state index is 0.0542. The summed E-state index contributed by atoms with van der Waals surface area (Å²) in [6.45, 7) is 6.38. The van der Waals surface area contributed by atoms with Crippen molar-refractivity contribution in [3.05, 3.63) is 29.2 Å². The Kier molecular flexibility index (Phi) is 2.24. The fourth-order valence-corrected chi connectivity index (χ4v) is 3.08. The van der Waals surface area contributed by atoms with Gasteiger partial charge in [-0.1, -0.05) is 20.8 Å². The topological polar surface area (TPSA) is 30.2 Å². The highest BCUT2D eigenvalue weighted by molar-refractivity contribution is 5.47. The van der Waals surface area contributed by atoms with Gasteiger partial charge < -0.3 is 0 Å². The van der Waals surface area contributed by atoms with Crippen LogP contribution in [0.5, 0.6) is 0 Å². The predicted molar refractivity (Wildman–Crippen MR) is 64.0 cm³/mol. The molecular weight excluding hydrogens is 236 g/mol. The van der Waals surface area contributed by atoms with Crippen molar-refractivity contribution < 1.29 is 8.78 Å². The first-order chi connectivity index (χ1) is 8.40. The number of nitrogens with zero attached hydrogens (tertiary/aromatic N) is 3. The second-order valence-electron chi connectivity index (χ2n) is 5.69. The third-order valence-electron chi connectivity index (χ3n) is 3.74. The molecule has 0 saturated carbocycles. The maximum atomic E-state index is 12.7. The molecule has 1 unspecified atom stereocenters. The lowest BCUT2D eigenvalue weighted by atomic mass is 9.89. The molecule has 0 fully saturated rings. The van der Waals surface area contributed by atoms with E-state index in [9.17, 15) is 8.78 Å². The number of rotatable bonds is 1. The van der Waals surface area contributed by atoms with Crippen LogP contribution in [0.2, 0.25) is 0 Å². The van der Waals surface area contributed by atoms with Crippen molar-refractivity contribution in [2.24, 2.45) is 0 Å². The minimum atomic E-state index is -2.55. The summed E-state index contributed by atoms with van der Waals surface area (Å²) in [4.78, 5) is 4.24. The smallest absolute Gasteiger partial charge is 0.237 e. The molecule has 0 bridgehead atoms. The van der Waals surface area contributed by atoms with E-state index in [2.05, 4.69) is 30.9 Å². The van der Waals surface area contributed by atoms with Crippen molar-refractivity contribution in [3.8, 4) is 0 Å². The predicted octanol–water partition coefficient (Wildman–Crippen LogP) is 3.45. The van der Waals surface area contributed by atoms with E-state index in [1.807, 2.05) is 0 Å². The molecule has 18 heavy (non-hydrogen) atoms. The van der Waals surface area contributed by atoms with Gasteiger partial charge in [-0.3, -0.25) is 0 Å². The second-order valence-corrected chi connectivity index (χ2v) is 5.69. The molecule has 2 aromatic heterocycles. The summed E-state index contributed by atoms with van der Waals surface area (Å²) in [6.07, 6.45) is 0.248. The maximum Gasteiger partial charge on any atom is 0.282 e. The standard InChI is InChI=1S/C13H15F2N3/c1-7-5-13(2,3)11-8(7)6-16-10-4-9(12(14)15)17-18(10)11/h4,6-7,12H,5H2,1-3H3.